The summed E-state index contributed by atoms with van der Waals surface area (Å²) in [4.78, 5) is 17.5. The van der Waals surface area contributed by atoms with Crippen LogP contribution < -0.4 is 0 Å². The first-order valence-electron chi connectivity index (χ1n) is 8.33. The smallest absolute Gasteiger partial charge is 0.313 e. The standard InChI is InChI=1S/C19H11Cl3F3N3O2S/c1-28-17(31-12-5-2-10(20)3-6-12)14(16(27-28)19(23,24)25)9-26-30-18(29)13-7-4-11(21)8-15(13)22/h2-9H,1H3/b26-9-. The number of halogens is 6. The number of aromatic nitrogens is 2. The maximum absolute atomic E-state index is 13.5. The third kappa shape index (κ3) is 5.74. The molecule has 3 rings (SSSR count). The van der Waals surface area contributed by atoms with Gasteiger partial charge in [-0.2, -0.15) is 18.3 Å². The van der Waals surface area contributed by atoms with Crippen LogP contribution >= 0.6 is 46.6 Å². The highest BCUT2D eigenvalue weighted by Crippen LogP contribution is 2.37. The molecular formula is C19H11Cl3F3N3O2S. The van der Waals surface area contributed by atoms with Gasteiger partial charge in [-0.05, 0) is 42.5 Å². The van der Waals surface area contributed by atoms with Crippen LogP contribution in [0.3, 0.4) is 0 Å². The Hall–Kier alpha value is -2.20. The van der Waals surface area contributed by atoms with Crippen molar-refractivity contribution in [3.05, 3.63) is 74.4 Å². The Kier molecular flexibility index (Phi) is 7.20. The molecule has 0 saturated carbocycles. The summed E-state index contributed by atoms with van der Waals surface area (Å²) in [5.74, 6) is -0.956. The van der Waals surface area contributed by atoms with Gasteiger partial charge in [0, 0.05) is 22.0 Å². The molecule has 0 aliphatic rings. The Morgan fingerprint density at radius 2 is 1.77 bits per heavy atom. The molecule has 1 aromatic heterocycles. The van der Waals surface area contributed by atoms with Crippen LogP contribution in [0.5, 0.6) is 0 Å². The third-order valence-electron chi connectivity index (χ3n) is 3.79. The van der Waals surface area contributed by atoms with Crippen molar-refractivity contribution in [2.75, 3.05) is 0 Å². The second-order valence-corrected chi connectivity index (χ2v) is 8.32. The zero-order valence-corrected chi connectivity index (χ0v) is 18.5. The number of carbonyl (C=O) groups is 1. The molecule has 0 bridgehead atoms. The monoisotopic (exact) mass is 507 g/mol. The zero-order valence-electron chi connectivity index (χ0n) is 15.5. The van der Waals surface area contributed by atoms with Crippen molar-refractivity contribution in [1.82, 2.24) is 9.78 Å². The molecule has 12 heteroatoms. The summed E-state index contributed by atoms with van der Waals surface area (Å²) in [5, 5.41) is 7.93. The fourth-order valence-corrected chi connectivity index (χ4v) is 3.96. The summed E-state index contributed by atoms with van der Waals surface area (Å²) in [7, 11) is 1.37. The molecule has 1 heterocycles. The van der Waals surface area contributed by atoms with Crippen LogP contribution in [-0.2, 0) is 18.1 Å². The number of hydrogen-bond acceptors (Lipinski definition) is 5. The molecule has 0 saturated heterocycles. The fraction of sp³-hybridized carbons (Fsp3) is 0.105. The van der Waals surface area contributed by atoms with Gasteiger partial charge in [0.2, 0.25) is 0 Å². The second kappa shape index (κ2) is 9.52. The van der Waals surface area contributed by atoms with Crippen LogP contribution in [-0.4, -0.2) is 22.0 Å². The number of hydrogen-bond donors (Lipinski definition) is 0. The van der Waals surface area contributed by atoms with Crippen LogP contribution in [0.4, 0.5) is 13.2 Å². The van der Waals surface area contributed by atoms with Gasteiger partial charge in [0.15, 0.2) is 5.69 Å². The topological polar surface area (TPSA) is 56.5 Å². The highest BCUT2D eigenvalue weighted by atomic mass is 35.5. The van der Waals surface area contributed by atoms with Gasteiger partial charge in [-0.1, -0.05) is 51.7 Å². The lowest BCUT2D eigenvalue weighted by Gasteiger charge is -2.05. The molecule has 2 aromatic carbocycles. The van der Waals surface area contributed by atoms with Crippen LogP contribution in [0.2, 0.25) is 15.1 Å². The summed E-state index contributed by atoms with van der Waals surface area (Å²) in [5.41, 5.74) is -1.57. The average molecular weight is 509 g/mol. The fourth-order valence-electron chi connectivity index (χ4n) is 2.42. The van der Waals surface area contributed by atoms with Crippen molar-refractivity contribution in [3.8, 4) is 0 Å². The molecule has 0 atom stereocenters. The van der Waals surface area contributed by atoms with E-state index in [0.717, 1.165) is 22.7 Å². The van der Waals surface area contributed by atoms with Gasteiger partial charge in [0.05, 0.1) is 22.4 Å². The van der Waals surface area contributed by atoms with Crippen LogP contribution in [0, 0.1) is 0 Å². The van der Waals surface area contributed by atoms with Crippen molar-refractivity contribution in [2.45, 2.75) is 16.1 Å². The number of oxime groups is 1. The summed E-state index contributed by atoms with van der Waals surface area (Å²) in [6, 6.07) is 10.6. The molecule has 0 fully saturated rings. The summed E-state index contributed by atoms with van der Waals surface area (Å²) < 4.78 is 41.5. The number of rotatable bonds is 5. The van der Waals surface area contributed by atoms with Gasteiger partial charge >= 0.3 is 12.1 Å². The van der Waals surface area contributed by atoms with E-state index in [4.69, 9.17) is 39.6 Å². The van der Waals surface area contributed by atoms with Gasteiger partial charge in [-0.25, -0.2) is 4.79 Å². The number of benzene rings is 2. The lowest BCUT2D eigenvalue weighted by molar-refractivity contribution is -0.141. The van der Waals surface area contributed by atoms with E-state index in [-0.39, 0.29) is 21.2 Å². The first kappa shape index (κ1) is 23.5. The zero-order chi connectivity index (χ0) is 22.8. The molecule has 0 amide bonds. The minimum atomic E-state index is -4.75. The molecule has 0 unspecified atom stereocenters. The van der Waals surface area contributed by atoms with E-state index in [1.807, 2.05) is 0 Å². The maximum atomic E-state index is 13.5. The van der Waals surface area contributed by atoms with E-state index in [1.54, 1.807) is 24.3 Å². The van der Waals surface area contributed by atoms with Gasteiger partial charge in [-0.3, -0.25) is 4.68 Å². The number of carbonyl (C=O) groups excluding carboxylic acids is 1. The van der Waals surface area contributed by atoms with Gasteiger partial charge in [0.1, 0.15) is 5.03 Å². The van der Waals surface area contributed by atoms with Crippen molar-refractivity contribution in [2.24, 2.45) is 12.2 Å². The Bertz CT molecular complexity index is 1150. The highest BCUT2D eigenvalue weighted by molar-refractivity contribution is 7.99. The normalized spacial score (nSPS) is 11.8. The molecular weight excluding hydrogens is 498 g/mol. The molecule has 0 radical (unpaired) electrons. The van der Waals surface area contributed by atoms with Gasteiger partial charge in [-0.15, -0.1) is 0 Å². The van der Waals surface area contributed by atoms with E-state index >= 15 is 0 Å². The average Bonchev–Trinajstić information content (AvgIpc) is 2.99. The first-order chi connectivity index (χ1) is 14.6. The van der Waals surface area contributed by atoms with Crippen molar-refractivity contribution in [1.29, 1.82) is 0 Å². The lowest BCUT2D eigenvalue weighted by atomic mass is 10.2. The molecule has 0 N–H and O–H groups in total. The van der Waals surface area contributed by atoms with Crippen LogP contribution in [0.25, 0.3) is 0 Å². The molecule has 31 heavy (non-hydrogen) atoms. The minimum absolute atomic E-state index is 0.0176. The molecule has 0 spiro atoms. The van der Waals surface area contributed by atoms with Crippen LogP contribution in [0.15, 0.2) is 57.5 Å². The second-order valence-electron chi connectivity index (χ2n) is 5.98. The maximum Gasteiger partial charge on any atom is 0.435 e. The lowest BCUT2D eigenvalue weighted by Crippen LogP contribution is -2.09. The van der Waals surface area contributed by atoms with Crippen molar-refractivity contribution in [3.63, 3.8) is 0 Å². The van der Waals surface area contributed by atoms with Crippen molar-refractivity contribution >= 4 is 58.7 Å². The molecule has 0 aliphatic heterocycles. The molecule has 162 valence electrons. The van der Waals surface area contributed by atoms with Gasteiger partial charge < -0.3 is 4.84 Å². The SMILES string of the molecule is Cn1nc(C(F)(F)F)c(/C=N\OC(=O)c2ccc(Cl)cc2Cl)c1Sc1ccc(Cl)cc1. The predicted octanol–water partition coefficient (Wildman–Crippen LogP) is 6.74. The Labute approximate surface area is 193 Å². The van der Waals surface area contributed by atoms with E-state index in [9.17, 15) is 18.0 Å². The van der Waals surface area contributed by atoms with Crippen molar-refractivity contribution < 1.29 is 22.8 Å². The molecule has 5 nitrogen and oxygen atoms in total. The molecule has 0 aliphatic carbocycles. The van der Waals surface area contributed by atoms with E-state index in [2.05, 4.69) is 10.3 Å². The predicted molar refractivity (Wildman–Crippen MR) is 113 cm³/mol. The Morgan fingerprint density at radius 1 is 1.13 bits per heavy atom. The van der Waals surface area contributed by atoms with Crippen LogP contribution in [0.1, 0.15) is 21.6 Å². The van der Waals surface area contributed by atoms with E-state index in [0.29, 0.717) is 14.9 Å². The van der Waals surface area contributed by atoms with E-state index < -0.39 is 17.8 Å². The quantitative estimate of drug-likeness (QED) is 0.218. The molecule has 3 aromatic rings. The largest absolute Gasteiger partial charge is 0.435 e. The Morgan fingerprint density at radius 3 is 2.39 bits per heavy atom. The first-order valence-corrected chi connectivity index (χ1v) is 10.3. The number of alkyl halides is 3. The highest BCUT2D eigenvalue weighted by Gasteiger charge is 2.38. The van der Waals surface area contributed by atoms with Gasteiger partial charge in [0.25, 0.3) is 0 Å². The number of nitrogens with zero attached hydrogens (tertiary/aromatic N) is 3. The Balaban J connectivity index is 1.90. The summed E-state index contributed by atoms with van der Waals surface area (Å²) in [6.45, 7) is 0. The van der Waals surface area contributed by atoms with E-state index in [1.165, 1.54) is 25.2 Å². The summed E-state index contributed by atoms with van der Waals surface area (Å²) in [6.07, 6.45) is -3.96. The number of aryl methyl sites for hydroxylation is 1. The summed E-state index contributed by atoms with van der Waals surface area (Å²) >= 11 is 18.6. The minimum Gasteiger partial charge on any atom is -0.313 e. The third-order valence-corrected chi connectivity index (χ3v) is 5.78.